The van der Waals surface area contributed by atoms with Gasteiger partial charge in [0.2, 0.25) is 0 Å². The van der Waals surface area contributed by atoms with E-state index in [1.807, 2.05) is 20.1 Å². The number of carboxylic acid groups (broad SMARTS) is 2. The molecular formula is C12H22N2O5S. The SMILES string of the molecule is CCC(CC)(CNC(=O)N(CC(=O)O)CC(=O)O)SC. The van der Waals surface area contributed by atoms with E-state index in [-0.39, 0.29) is 4.75 Å². The van der Waals surface area contributed by atoms with E-state index in [4.69, 9.17) is 10.2 Å². The second-order valence-corrected chi connectivity index (χ2v) is 5.67. The molecular weight excluding hydrogens is 284 g/mol. The summed E-state index contributed by atoms with van der Waals surface area (Å²) in [7, 11) is 0. The van der Waals surface area contributed by atoms with E-state index in [0.29, 0.717) is 6.54 Å². The second-order valence-electron chi connectivity index (χ2n) is 4.40. The maximum Gasteiger partial charge on any atom is 0.323 e. The molecule has 3 N–H and O–H groups in total. The van der Waals surface area contributed by atoms with Crippen LogP contribution in [-0.2, 0) is 9.59 Å². The number of carbonyl (C=O) groups excluding carboxylic acids is 1. The Bertz CT molecular complexity index is 333. The van der Waals surface area contributed by atoms with Gasteiger partial charge in [0.05, 0.1) is 0 Å². The first-order valence-corrected chi connectivity index (χ1v) is 7.54. The summed E-state index contributed by atoms with van der Waals surface area (Å²) < 4.78 is -0.117. The van der Waals surface area contributed by atoms with Gasteiger partial charge in [0, 0.05) is 11.3 Å². The highest BCUT2D eigenvalue weighted by atomic mass is 32.2. The number of rotatable bonds is 9. The summed E-state index contributed by atoms with van der Waals surface area (Å²) in [4.78, 5) is 33.9. The lowest BCUT2D eigenvalue weighted by Crippen LogP contribution is -2.49. The predicted octanol–water partition coefficient (Wildman–Crippen LogP) is 1.09. The van der Waals surface area contributed by atoms with E-state index < -0.39 is 31.1 Å². The van der Waals surface area contributed by atoms with Crippen LogP contribution in [0.2, 0.25) is 0 Å². The van der Waals surface area contributed by atoms with Gasteiger partial charge in [0.15, 0.2) is 0 Å². The van der Waals surface area contributed by atoms with Gasteiger partial charge in [0.1, 0.15) is 13.1 Å². The van der Waals surface area contributed by atoms with Crippen molar-refractivity contribution in [1.29, 1.82) is 0 Å². The molecule has 0 aromatic carbocycles. The van der Waals surface area contributed by atoms with E-state index in [0.717, 1.165) is 17.7 Å². The molecule has 0 saturated heterocycles. The van der Waals surface area contributed by atoms with E-state index >= 15 is 0 Å². The lowest BCUT2D eigenvalue weighted by atomic mass is 10.0. The monoisotopic (exact) mass is 306 g/mol. The third-order valence-electron chi connectivity index (χ3n) is 3.22. The molecule has 0 saturated carbocycles. The highest BCUT2D eigenvalue weighted by Gasteiger charge is 2.27. The third kappa shape index (κ3) is 6.14. The lowest BCUT2D eigenvalue weighted by molar-refractivity contribution is -0.140. The standard InChI is InChI=1S/C12H22N2O5S/c1-4-12(5-2,20-3)8-13-11(19)14(6-9(15)16)7-10(17)18/h4-8H2,1-3H3,(H,13,19)(H,15,16)(H,17,18). The van der Waals surface area contributed by atoms with Crippen molar-refractivity contribution in [2.24, 2.45) is 0 Å². The molecule has 2 amide bonds. The average Bonchev–Trinajstić information content (AvgIpc) is 2.39. The number of nitrogens with one attached hydrogen (secondary N) is 1. The molecule has 0 aliphatic rings. The van der Waals surface area contributed by atoms with Gasteiger partial charge in [0.25, 0.3) is 0 Å². The molecule has 0 spiro atoms. The first-order chi connectivity index (χ1) is 9.30. The number of thioether (sulfide) groups is 1. The van der Waals surface area contributed by atoms with Crippen molar-refractivity contribution in [2.45, 2.75) is 31.4 Å². The average molecular weight is 306 g/mol. The molecule has 0 bridgehead atoms. The topological polar surface area (TPSA) is 107 Å². The number of hydrogen-bond acceptors (Lipinski definition) is 4. The van der Waals surface area contributed by atoms with Crippen LogP contribution in [0.5, 0.6) is 0 Å². The fourth-order valence-corrected chi connectivity index (χ4v) is 2.53. The van der Waals surface area contributed by atoms with Crippen molar-refractivity contribution in [3.63, 3.8) is 0 Å². The Morgan fingerprint density at radius 2 is 1.55 bits per heavy atom. The number of carboxylic acids is 2. The normalized spacial score (nSPS) is 10.9. The minimum atomic E-state index is -1.25. The molecule has 116 valence electrons. The highest BCUT2D eigenvalue weighted by molar-refractivity contribution is 8.00. The summed E-state index contributed by atoms with van der Waals surface area (Å²) in [5, 5.41) is 20.0. The van der Waals surface area contributed by atoms with E-state index in [9.17, 15) is 14.4 Å². The molecule has 7 nitrogen and oxygen atoms in total. The van der Waals surface area contributed by atoms with Crippen molar-refractivity contribution >= 4 is 29.7 Å². The summed E-state index contributed by atoms with van der Waals surface area (Å²) in [5.74, 6) is -2.49. The summed E-state index contributed by atoms with van der Waals surface area (Å²) in [6.45, 7) is 3.12. The van der Waals surface area contributed by atoms with Crippen LogP contribution in [0, 0.1) is 0 Å². The van der Waals surface area contributed by atoms with Crippen LogP contribution < -0.4 is 5.32 Å². The van der Waals surface area contributed by atoms with Gasteiger partial charge in [-0.1, -0.05) is 13.8 Å². The fraction of sp³-hybridized carbons (Fsp3) is 0.750. The quantitative estimate of drug-likeness (QED) is 0.588. The Labute approximate surface area is 122 Å². The zero-order valence-corrected chi connectivity index (χ0v) is 12.8. The first kappa shape index (κ1) is 18.6. The van der Waals surface area contributed by atoms with E-state index in [1.54, 1.807) is 11.8 Å². The molecule has 0 heterocycles. The number of urea groups is 1. The molecule has 20 heavy (non-hydrogen) atoms. The van der Waals surface area contributed by atoms with Crippen LogP contribution in [0.1, 0.15) is 26.7 Å². The molecule has 8 heteroatoms. The van der Waals surface area contributed by atoms with Crippen LogP contribution in [0.3, 0.4) is 0 Å². The summed E-state index contributed by atoms with van der Waals surface area (Å²) in [6.07, 6.45) is 3.65. The molecule has 0 fully saturated rings. The van der Waals surface area contributed by atoms with Crippen molar-refractivity contribution in [2.75, 3.05) is 25.9 Å². The smallest absolute Gasteiger partial charge is 0.323 e. The van der Waals surface area contributed by atoms with Crippen LogP contribution in [0.25, 0.3) is 0 Å². The summed E-state index contributed by atoms with van der Waals surface area (Å²) in [6, 6.07) is -0.671. The Hall–Kier alpha value is -1.44. The summed E-state index contributed by atoms with van der Waals surface area (Å²) in [5.41, 5.74) is 0. The van der Waals surface area contributed by atoms with Gasteiger partial charge >= 0.3 is 18.0 Å². The number of carbonyl (C=O) groups is 3. The van der Waals surface area contributed by atoms with E-state index in [1.165, 1.54) is 0 Å². The second kappa shape index (κ2) is 8.68. The van der Waals surface area contributed by atoms with Crippen LogP contribution in [-0.4, -0.2) is 63.7 Å². The maximum atomic E-state index is 11.9. The van der Waals surface area contributed by atoms with Gasteiger partial charge < -0.3 is 20.4 Å². The zero-order valence-electron chi connectivity index (χ0n) is 12.0. The van der Waals surface area contributed by atoms with Crippen LogP contribution in [0.15, 0.2) is 0 Å². The Balaban J connectivity index is 4.66. The number of hydrogen-bond donors (Lipinski definition) is 3. The lowest BCUT2D eigenvalue weighted by Gasteiger charge is -2.31. The molecule has 0 radical (unpaired) electrons. The Morgan fingerprint density at radius 3 is 1.85 bits per heavy atom. The first-order valence-electron chi connectivity index (χ1n) is 6.31. The van der Waals surface area contributed by atoms with Crippen molar-refractivity contribution in [3.05, 3.63) is 0 Å². The largest absolute Gasteiger partial charge is 0.480 e. The van der Waals surface area contributed by atoms with Crippen molar-refractivity contribution < 1.29 is 24.6 Å². The number of aliphatic carboxylic acids is 2. The Morgan fingerprint density at radius 1 is 1.10 bits per heavy atom. The molecule has 0 rings (SSSR count). The number of amides is 2. The minimum Gasteiger partial charge on any atom is -0.480 e. The van der Waals surface area contributed by atoms with Gasteiger partial charge in [-0.05, 0) is 19.1 Å². The van der Waals surface area contributed by atoms with Crippen molar-refractivity contribution in [1.82, 2.24) is 10.2 Å². The molecule has 0 unspecified atom stereocenters. The third-order valence-corrected chi connectivity index (χ3v) is 4.81. The van der Waals surface area contributed by atoms with Crippen LogP contribution >= 0.6 is 11.8 Å². The minimum absolute atomic E-state index is 0.117. The van der Waals surface area contributed by atoms with Gasteiger partial charge in [-0.15, -0.1) is 0 Å². The van der Waals surface area contributed by atoms with Crippen LogP contribution in [0.4, 0.5) is 4.79 Å². The predicted molar refractivity (Wildman–Crippen MR) is 77.1 cm³/mol. The Kier molecular flexibility index (Phi) is 8.05. The molecule has 0 aromatic heterocycles. The summed E-state index contributed by atoms with van der Waals surface area (Å²) >= 11 is 1.63. The highest BCUT2D eigenvalue weighted by Crippen LogP contribution is 2.29. The van der Waals surface area contributed by atoms with Gasteiger partial charge in [-0.3, -0.25) is 9.59 Å². The van der Waals surface area contributed by atoms with Gasteiger partial charge in [-0.2, -0.15) is 11.8 Å². The molecule has 0 aliphatic heterocycles. The molecule has 0 atom stereocenters. The van der Waals surface area contributed by atoms with Gasteiger partial charge in [-0.25, -0.2) is 4.79 Å². The zero-order chi connectivity index (χ0) is 15.8. The molecule has 0 aromatic rings. The maximum absolute atomic E-state index is 11.9. The number of nitrogens with zero attached hydrogens (tertiary/aromatic N) is 1. The van der Waals surface area contributed by atoms with E-state index in [2.05, 4.69) is 5.32 Å². The molecule has 0 aliphatic carbocycles. The van der Waals surface area contributed by atoms with Crippen molar-refractivity contribution in [3.8, 4) is 0 Å². The fourth-order valence-electron chi connectivity index (χ4n) is 1.74.